The van der Waals surface area contributed by atoms with E-state index < -0.39 is 0 Å². The number of para-hydroxylation sites is 1. The van der Waals surface area contributed by atoms with Gasteiger partial charge in [-0.1, -0.05) is 71.8 Å². The van der Waals surface area contributed by atoms with Gasteiger partial charge in [-0.25, -0.2) is 4.68 Å². The lowest BCUT2D eigenvalue weighted by atomic mass is 9.97. The molecular formula is C24H16ClN3O. The molecule has 0 spiro atoms. The van der Waals surface area contributed by atoms with Crippen molar-refractivity contribution in [1.82, 2.24) is 9.78 Å². The molecule has 1 aromatic heterocycles. The molecule has 4 rings (SSSR count). The molecule has 0 atom stereocenters. The maximum absolute atomic E-state index is 13.4. The normalized spacial score (nSPS) is 10.5. The fourth-order valence-corrected chi connectivity index (χ4v) is 3.28. The summed E-state index contributed by atoms with van der Waals surface area (Å²) in [6.45, 7) is 1.96. The SMILES string of the molecule is Cc1ccc(C(=O)c2c(-c3ccc(Cl)cc3)nn(-c3ccccc3)c2C#N)cc1. The van der Waals surface area contributed by atoms with Gasteiger partial charge in [0, 0.05) is 16.1 Å². The van der Waals surface area contributed by atoms with Crippen LogP contribution in [0.5, 0.6) is 0 Å². The van der Waals surface area contributed by atoms with Gasteiger partial charge in [-0.05, 0) is 31.2 Å². The Balaban J connectivity index is 1.97. The number of carbonyl (C=O) groups is 1. The number of hydrogen-bond donors (Lipinski definition) is 0. The Morgan fingerprint density at radius 1 is 0.966 bits per heavy atom. The molecule has 5 heteroatoms. The average Bonchev–Trinajstić information content (AvgIpc) is 3.14. The molecule has 0 fully saturated rings. The summed E-state index contributed by atoms with van der Waals surface area (Å²) in [7, 11) is 0. The minimum atomic E-state index is -0.242. The number of carbonyl (C=O) groups excluding carboxylic acids is 1. The predicted octanol–water partition coefficient (Wildman–Crippen LogP) is 5.60. The van der Waals surface area contributed by atoms with Gasteiger partial charge in [0.25, 0.3) is 0 Å². The van der Waals surface area contributed by atoms with Crippen LogP contribution in [0.15, 0.2) is 78.9 Å². The smallest absolute Gasteiger partial charge is 0.198 e. The van der Waals surface area contributed by atoms with E-state index in [0.29, 0.717) is 22.0 Å². The minimum Gasteiger partial charge on any atom is -0.288 e. The fourth-order valence-electron chi connectivity index (χ4n) is 3.15. The molecule has 4 aromatic rings. The van der Waals surface area contributed by atoms with Gasteiger partial charge >= 0.3 is 0 Å². The number of nitriles is 1. The quantitative estimate of drug-likeness (QED) is 0.421. The Morgan fingerprint density at radius 2 is 1.62 bits per heavy atom. The number of aromatic nitrogens is 2. The highest BCUT2D eigenvalue weighted by atomic mass is 35.5. The maximum Gasteiger partial charge on any atom is 0.198 e. The number of ketones is 1. The molecule has 1 heterocycles. The van der Waals surface area contributed by atoms with E-state index in [2.05, 4.69) is 11.2 Å². The van der Waals surface area contributed by atoms with Crippen molar-refractivity contribution in [2.45, 2.75) is 6.92 Å². The highest BCUT2D eigenvalue weighted by Gasteiger charge is 2.26. The van der Waals surface area contributed by atoms with E-state index in [1.54, 1.807) is 36.4 Å². The Hall–Kier alpha value is -3.68. The first kappa shape index (κ1) is 18.7. The molecule has 0 aliphatic heterocycles. The second-order valence-electron chi connectivity index (χ2n) is 6.63. The third kappa shape index (κ3) is 3.56. The zero-order valence-electron chi connectivity index (χ0n) is 15.6. The number of hydrogen-bond acceptors (Lipinski definition) is 3. The van der Waals surface area contributed by atoms with E-state index in [0.717, 1.165) is 11.1 Å². The molecule has 0 saturated carbocycles. The van der Waals surface area contributed by atoms with E-state index in [4.69, 9.17) is 11.6 Å². The summed E-state index contributed by atoms with van der Waals surface area (Å²) in [5.41, 5.74) is 3.93. The predicted molar refractivity (Wildman–Crippen MR) is 113 cm³/mol. The Labute approximate surface area is 173 Å². The summed E-state index contributed by atoms with van der Waals surface area (Å²) in [4.78, 5) is 13.4. The Bertz CT molecular complexity index is 1220. The summed E-state index contributed by atoms with van der Waals surface area (Å²) < 4.78 is 1.52. The van der Waals surface area contributed by atoms with Crippen molar-refractivity contribution in [2.24, 2.45) is 0 Å². The molecule has 0 N–H and O–H groups in total. The summed E-state index contributed by atoms with van der Waals surface area (Å²) in [6, 6.07) is 25.9. The van der Waals surface area contributed by atoms with Crippen molar-refractivity contribution in [1.29, 1.82) is 5.26 Å². The van der Waals surface area contributed by atoms with Crippen LogP contribution in [0.2, 0.25) is 5.02 Å². The second-order valence-corrected chi connectivity index (χ2v) is 7.07. The van der Waals surface area contributed by atoms with Crippen molar-refractivity contribution < 1.29 is 4.79 Å². The molecule has 0 amide bonds. The number of aryl methyl sites for hydroxylation is 1. The standard InChI is InChI=1S/C24H16ClN3O/c1-16-7-9-18(10-8-16)24(29)22-21(15-26)28(20-5-3-2-4-6-20)27-23(22)17-11-13-19(25)14-12-17/h2-14H,1H3. The van der Waals surface area contributed by atoms with Crippen LogP contribution >= 0.6 is 11.6 Å². The van der Waals surface area contributed by atoms with Crippen molar-refractivity contribution in [2.75, 3.05) is 0 Å². The van der Waals surface area contributed by atoms with Gasteiger partial charge < -0.3 is 0 Å². The summed E-state index contributed by atoms with van der Waals surface area (Å²) in [5, 5.41) is 15.2. The van der Waals surface area contributed by atoms with Gasteiger partial charge in [-0.15, -0.1) is 0 Å². The zero-order valence-corrected chi connectivity index (χ0v) is 16.4. The fraction of sp³-hybridized carbons (Fsp3) is 0.0417. The van der Waals surface area contributed by atoms with Crippen LogP contribution in [0.4, 0.5) is 0 Å². The lowest BCUT2D eigenvalue weighted by Gasteiger charge is -2.04. The Kier molecular flexibility index (Phi) is 4.99. The number of rotatable bonds is 4. The molecular weight excluding hydrogens is 382 g/mol. The van der Waals surface area contributed by atoms with Gasteiger partial charge in [-0.2, -0.15) is 10.4 Å². The number of halogens is 1. The topological polar surface area (TPSA) is 58.7 Å². The van der Waals surface area contributed by atoms with Gasteiger partial charge in [-0.3, -0.25) is 4.79 Å². The molecule has 0 saturated heterocycles. The molecule has 4 nitrogen and oxygen atoms in total. The highest BCUT2D eigenvalue weighted by molar-refractivity contribution is 6.30. The van der Waals surface area contributed by atoms with Crippen molar-refractivity contribution >= 4 is 17.4 Å². The monoisotopic (exact) mass is 397 g/mol. The van der Waals surface area contributed by atoms with Crippen LogP contribution in [0.25, 0.3) is 16.9 Å². The highest BCUT2D eigenvalue weighted by Crippen LogP contribution is 2.30. The molecule has 0 aliphatic carbocycles. The summed E-state index contributed by atoms with van der Waals surface area (Å²) in [5.74, 6) is -0.242. The van der Waals surface area contributed by atoms with Crippen LogP contribution in [-0.2, 0) is 0 Å². The number of benzene rings is 3. The van der Waals surface area contributed by atoms with Crippen molar-refractivity contribution in [3.05, 3.63) is 106 Å². The maximum atomic E-state index is 13.4. The van der Waals surface area contributed by atoms with E-state index >= 15 is 0 Å². The van der Waals surface area contributed by atoms with E-state index in [1.165, 1.54) is 4.68 Å². The lowest BCUT2D eigenvalue weighted by Crippen LogP contribution is -2.06. The molecule has 0 unspecified atom stereocenters. The molecule has 140 valence electrons. The van der Waals surface area contributed by atoms with Crippen molar-refractivity contribution in [3.8, 4) is 23.0 Å². The first-order valence-corrected chi connectivity index (χ1v) is 9.42. The van der Waals surface area contributed by atoms with Crippen LogP contribution in [0, 0.1) is 18.3 Å². The first-order chi connectivity index (χ1) is 14.1. The van der Waals surface area contributed by atoms with Crippen molar-refractivity contribution in [3.63, 3.8) is 0 Å². The molecule has 0 radical (unpaired) electrons. The minimum absolute atomic E-state index is 0.201. The van der Waals surface area contributed by atoms with Gasteiger partial charge in [0.2, 0.25) is 0 Å². The van der Waals surface area contributed by atoms with Gasteiger partial charge in [0.1, 0.15) is 11.8 Å². The molecule has 0 aliphatic rings. The van der Waals surface area contributed by atoms with Gasteiger partial charge in [0.05, 0.1) is 11.3 Å². The van der Waals surface area contributed by atoms with Gasteiger partial charge in [0.15, 0.2) is 11.5 Å². The van der Waals surface area contributed by atoms with Crippen LogP contribution < -0.4 is 0 Å². The number of nitrogens with zero attached hydrogens (tertiary/aromatic N) is 3. The molecule has 0 bridgehead atoms. The van der Waals surface area contributed by atoms with E-state index in [9.17, 15) is 10.1 Å². The van der Waals surface area contributed by atoms with E-state index in [1.807, 2.05) is 49.4 Å². The molecule has 3 aromatic carbocycles. The third-order valence-electron chi connectivity index (χ3n) is 4.65. The average molecular weight is 398 g/mol. The first-order valence-electron chi connectivity index (χ1n) is 9.04. The van der Waals surface area contributed by atoms with Crippen LogP contribution in [-0.4, -0.2) is 15.6 Å². The second kappa shape index (κ2) is 7.75. The largest absolute Gasteiger partial charge is 0.288 e. The third-order valence-corrected chi connectivity index (χ3v) is 4.90. The van der Waals surface area contributed by atoms with E-state index in [-0.39, 0.29) is 17.0 Å². The summed E-state index contributed by atoms with van der Waals surface area (Å²) >= 11 is 6.03. The zero-order chi connectivity index (χ0) is 20.4. The van der Waals surface area contributed by atoms with Crippen LogP contribution in [0.3, 0.4) is 0 Å². The summed E-state index contributed by atoms with van der Waals surface area (Å²) in [6.07, 6.45) is 0. The molecule has 29 heavy (non-hydrogen) atoms. The lowest BCUT2D eigenvalue weighted by molar-refractivity contribution is 0.103. The van der Waals surface area contributed by atoms with Crippen LogP contribution in [0.1, 0.15) is 27.2 Å². The Morgan fingerprint density at radius 3 is 2.24 bits per heavy atom.